The molecular formula is C32H53N5O6. The molecule has 0 aromatic carbocycles. The summed E-state index contributed by atoms with van der Waals surface area (Å²) < 4.78 is 5.57. The highest BCUT2D eigenvalue weighted by Gasteiger charge is 2.31. The lowest BCUT2D eigenvalue weighted by atomic mass is 9.85. The lowest BCUT2D eigenvalue weighted by Crippen LogP contribution is -2.53. The van der Waals surface area contributed by atoms with E-state index < -0.39 is 12.2 Å². The van der Waals surface area contributed by atoms with E-state index in [2.05, 4.69) is 35.1 Å². The molecule has 5 amide bonds. The van der Waals surface area contributed by atoms with Gasteiger partial charge in [-0.15, -0.1) is 0 Å². The number of allylic oxidation sites excluding steroid dienone is 1. The minimum Gasteiger partial charge on any atom is -0.446 e. The SMILES string of the molecule is C/C=C\C[C@@H](C/C=C\NC(=O)[C@@H](N[C@H](C)CC)C(C)(C)C)OC(=O)NCCCNC(=O)CCCCCN1C(=O)C=CC1=O. The fourth-order valence-electron chi connectivity index (χ4n) is 4.22. The lowest BCUT2D eigenvalue weighted by molar-refractivity contribution is -0.137. The number of alkyl carbamates (subject to hydrolysis) is 1. The number of unbranched alkanes of at least 4 members (excludes halogenated alkanes) is 2. The van der Waals surface area contributed by atoms with Crippen molar-refractivity contribution in [3.8, 4) is 0 Å². The van der Waals surface area contributed by atoms with Crippen LogP contribution in [0.2, 0.25) is 0 Å². The number of hydrogen-bond acceptors (Lipinski definition) is 7. The van der Waals surface area contributed by atoms with Gasteiger partial charge in [-0.1, -0.05) is 52.3 Å². The third-order valence-corrected chi connectivity index (χ3v) is 6.97. The molecule has 1 aliphatic heterocycles. The van der Waals surface area contributed by atoms with E-state index in [1.807, 2.05) is 39.8 Å². The van der Waals surface area contributed by atoms with Crippen molar-refractivity contribution < 1.29 is 28.7 Å². The first-order chi connectivity index (χ1) is 20.4. The van der Waals surface area contributed by atoms with Gasteiger partial charge in [0.25, 0.3) is 11.8 Å². The first kappa shape index (κ1) is 37.6. The van der Waals surface area contributed by atoms with Gasteiger partial charge in [-0.05, 0) is 51.1 Å². The van der Waals surface area contributed by atoms with E-state index in [-0.39, 0.29) is 41.1 Å². The summed E-state index contributed by atoms with van der Waals surface area (Å²) in [6.45, 7) is 13.2. The molecule has 1 aliphatic rings. The monoisotopic (exact) mass is 603 g/mol. The Morgan fingerprint density at radius 3 is 2.23 bits per heavy atom. The molecule has 4 N–H and O–H groups in total. The lowest BCUT2D eigenvalue weighted by Gasteiger charge is -2.32. The van der Waals surface area contributed by atoms with Crippen LogP contribution in [-0.2, 0) is 23.9 Å². The number of carbonyl (C=O) groups excluding carboxylic acids is 5. The van der Waals surface area contributed by atoms with Crippen LogP contribution in [0, 0.1) is 5.41 Å². The molecular weight excluding hydrogens is 550 g/mol. The Kier molecular flexibility index (Phi) is 17.9. The van der Waals surface area contributed by atoms with Gasteiger partial charge in [-0.25, -0.2) is 4.79 Å². The van der Waals surface area contributed by atoms with E-state index in [0.29, 0.717) is 58.2 Å². The number of hydrogen-bond donors (Lipinski definition) is 4. The maximum absolute atomic E-state index is 12.8. The molecule has 1 heterocycles. The van der Waals surface area contributed by atoms with E-state index in [4.69, 9.17) is 4.74 Å². The number of imide groups is 1. The molecule has 0 saturated heterocycles. The molecule has 11 heteroatoms. The summed E-state index contributed by atoms with van der Waals surface area (Å²) in [6, 6.07) is -0.129. The number of ether oxygens (including phenoxy) is 1. The van der Waals surface area contributed by atoms with Crippen LogP contribution >= 0.6 is 0 Å². The second-order valence-corrected chi connectivity index (χ2v) is 11.9. The smallest absolute Gasteiger partial charge is 0.407 e. The molecule has 11 nitrogen and oxygen atoms in total. The van der Waals surface area contributed by atoms with Gasteiger partial charge in [-0.3, -0.25) is 24.1 Å². The van der Waals surface area contributed by atoms with Gasteiger partial charge in [0.15, 0.2) is 0 Å². The third kappa shape index (κ3) is 16.1. The van der Waals surface area contributed by atoms with Crippen molar-refractivity contribution in [2.75, 3.05) is 19.6 Å². The molecule has 0 unspecified atom stereocenters. The molecule has 0 aliphatic carbocycles. The highest BCUT2D eigenvalue weighted by atomic mass is 16.6. The first-order valence-electron chi connectivity index (χ1n) is 15.5. The fourth-order valence-corrected chi connectivity index (χ4v) is 4.22. The molecule has 0 aromatic heterocycles. The number of carbonyl (C=O) groups is 5. The summed E-state index contributed by atoms with van der Waals surface area (Å²) in [6.07, 6.45) is 13.7. The van der Waals surface area contributed by atoms with Gasteiger partial charge in [0.1, 0.15) is 6.10 Å². The maximum Gasteiger partial charge on any atom is 0.407 e. The highest BCUT2D eigenvalue weighted by Crippen LogP contribution is 2.20. The van der Waals surface area contributed by atoms with Crippen molar-refractivity contribution in [3.05, 3.63) is 36.6 Å². The van der Waals surface area contributed by atoms with Crippen molar-refractivity contribution in [3.63, 3.8) is 0 Å². The van der Waals surface area contributed by atoms with E-state index in [1.165, 1.54) is 17.1 Å². The minimum absolute atomic E-state index is 0.0765. The van der Waals surface area contributed by atoms with Crippen molar-refractivity contribution in [2.45, 2.75) is 111 Å². The Balaban J connectivity index is 2.29. The van der Waals surface area contributed by atoms with Crippen molar-refractivity contribution in [2.24, 2.45) is 5.41 Å². The van der Waals surface area contributed by atoms with Gasteiger partial charge in [-0.2, -0.15) is 0 Å². The van der Waals surface area contributed by atoms with Gasteiger partial charge in [0, 0.05) is 57.1 Å². The van der Waals surface area contributed by atoms with Gasteiger partial charge >= 0.3 is 6.09 Å². The summed E-state index contributed by atoms with van der Waals surface area (Å²) in [5.74, 6) is -0.755. The van der Waals surface area contributed by atoms with Gasteiger partial charge in [0.2, 0.25) is 11.8 Å². The molecule has 0 spiro atoms. The Morgan fingerprint density at radius 2 is 1.60 bits per heavy atom. The zero-order valence-electron chi connectivity index (χ0n) is 26.9. The van der Waals surface area contributed by atoms with Crippen LogP contribution < -0.4 is 21.3 Å². The second kappa shape index (κ2) is 20.4. The Hall–Kier alpha value is -3.47. The number of rotatable bonds is 20. The fraction of sp³-hybridized carbons (Fsp3) is 0.656. The van der Waals surface area contributed by atoms with E-state index in [9.17, 15) is 24.0 Å². The summed E-state index contributed by atoms with van der Waals surface area (Å²) in [5, 5.41) is 11.8. The zero-order valence-corrected chi connectivity index (χ0v) is 26.9. The molecule has 0 aromatic rings. The van der Waals surface area contributed by atoms with E-state index >= 15 is 0 Å². The number of nitrogens with zero attached hydrogens (tertiary/aromatic N) is 1. The molecule has 0 radical (unpaired) electrons. The standard InChI is InChI=1S/C32H53N5O6/c1-7-9-15-25(16-13-20-34-30(41)29(32(4,5)6)36-24(3)8-2)43-31(42)35-22-14-21-33-26(38)17-11-10-12-23-37-27(39)18-19-28(37)40/h7,9,13,18-20,24-25,29,36H,8,10-12,14-17,21-23H2,1-6H3,(H,33,38)(H,34,41)(H,35,42)/b9-7-,20-13-/t24-,25+,29-/m1/s1. The van der Waals surface area contributed by atoms with Crippen LogP contribution in [0.1, 0.15) is 92.9 Å². The van der Waals surface area contributed by atoms with Crippen molar-refractivity contribution in [1.82, 2.24) is 26.2 Å². The molecule has 0 fully saturated rings. The van der Waals surface area contributed by atoms with Crippen LogP contribution in [0.25, 0.3) is 0 Å². The van der Waals surface area contributed by atoms with Crippen LogP contribution in [0.5, 0.6) is 0 Å². The maximum atomic E-state index is 12.8. The van der Waals surface area contributed by atoms with Crippen molar-refractivity contribution >= 4 is 29.7 Å². The molecule has 0 saturated carbocycles. The summed E-state index contributed by atoms with van der Waals surface area (Å²) in [7, 11) is 0. The molecule has 3 atom stereocenters. The van der Waals surface area contributed by atoms with Crippen molar-refractivity contribution in [1.29, 1.82) is 0 Å². The predicted octanol–water partition coefficient (Wildman–Crippen LogP) is 3.86. The summed E-state index contributed by atoms with van der Waals surface area (Å²) in [5.41, 5.74) is -0.252. The first-order valence-corrected chi connectivity index (χ1v) is 15.5. The quantitative estimate of drug-likeness (QED) is 0.0939. The largest absolute Gasteiger partial charge is 0.446 e. The average molecular weight is 604 g/mol. The molecule has 43 heavy (non-hydrogen) atoms. The molecule has 242 valence electrons. The topological polar surface area (TPSA) is 146 Å². The zero-order chi connectivity index (χ0) is 32.3. The molecule has 1 rings (SSSR count). The van der Waals surface area contributed by atoms with E-state index in [0.717, 1.165) is 12.8 Å². The Bertz CT molecular complexity index is 983. The Labute approximate surface area is 257 Å². The summed E-state index contributed by atoms with van der Waals surface area (Å²) >= 11 is 0. The Morgan fingerprint density at radius 1 is 0.953 bits per heavy atom. The van der Waals surface area contributed by atoms with Crippen LogP contribution in [-0.4, -0.2) is 72.4 Å². The third-order valence-electron chi connectivity index (χ3n) is 6.97. The van der Waals surface area contributed by atoms with Gasteiger partial charge < -0.3 is 26.0 Å². The number of nitrogens with one attached hydrogen (secondary N) is 4. The summed E-state index contributed by atoms with van der Waals surface area (Å²) in [4.78, 5) is 61.4. The molecule has 0 bridgehead atoms. The normalized spacial score (nSPS) is 15.6. The van der Waals surface area contributed by atoms with Crippen LogP contribution in [0.4, 0.5) is 4.79 Å². The van der Waals surface area contributed by atoms with Crippen LogP contribution in [0.15, 0.2) is 36.6 Å². The second-order valence-electron chi connectivity index (χ2n) is 11.9. The number of amides is 5. The predicted molar refractivity (Wildman–Crippen MR) is 168 cm³/mol. The average Bonchev–Trinajstić information content (AvgIpc) is 3.27. The minimum atomic E-state index is -0.533. The van der Waals surface area contributed by atoms with E-state index in [1.54, 1.807) is 12.3 Å². The van der Waals surface area contributed by atoms with Crippen LogP contribution in [0.3, 0.4) is 0 Å². The van der Waals surface area contributed by atoms with Gasteiger partial charge in [0.05, 0.1) is 6.04 Å². The highest BCUT2D eigenvalue weighted by molar-refractivity contribution is 6.12.